The number of hydrogen-bond acceptors (Lipinski definition) is 4. The Kier molecular flexibility index (Phi) is 4.69. The van der Waals surface area contributed by atoms with Crippen LogP contribution in [0.1, 0.15) is 5.56 Å². The Labute approximate surface area is 168 Å². The third-order valence-electron chi connectivity index (χ3n) is 4.71. The lowest BCUT2D eigenvalue weighted by Gasteiger charge is -2.14. The third-order valence-corrected chi connectivity index (χ3v) is 7.26. The van der Waals surface area contributed by atoms with Crippen molar-refractivity contribution in [3.8, 4) is 17.0 Å². The number of thioether (sulfide) groups is 1. The number of phenolic OH excluding ortho intramolecular Hbond substituents is 1. The van der Waals surface area contributed by atoms with E-state index in [2.05, 4.69) is 0 Å². The molecule has 4 nitrogen and oxygen atoms in total. The molecule has 0 aliphatic heterocycles. The van der Waals surface area contributed by atoms with E-state index < -0.39 is 10.0 Å². The minimum atomic E-state index is -3.87. The maximum absolute atomic E-state index is 13.7. The Bertz CT molecular complexity index is 1270. The summed E-state index contributed by atoms with van der Waals surface area (Å²) in [6, 6.07) is 21.0. The number of benzene rings is 3. The van der Waals surface area contributed by atoms with Gasteiger partial charge in [-0.1, -0.05) is 48.0 Å². The molecule has 0 spiro atoms. The molecule has 1 N–H and O–H groups in total. The van der Waals surface area contributed by atoms with Crippen molar-refractivity contribution in [3.63, 3.8) is 0 Å². The zero-order chi connectivity index (χ0) is 19.9. The van der Waals surface area contributed by atoms with E-state index in [4.69, 9.17) is 0 Å². The summed E-state index contributed by atoms with van der Waals surface area (Å²) < 4.78 is 28.7. The second kappa shape index (κ2) is 7.04. The number of aryl methyl sites for hydroxylation is 1. The topological polar surface area (TPSA) is 59.3 Å². The quantitative estimate of drug-likeness (QED) is 0.466. The summed E-state index contributed by atoms with van der Waals surface area (Å²) in [5.41, 5.74) is 2.54. The number of aromatic hydroxyl groups is 1. The van der Waals surface area contributed by atoms with Crippen LogP contribution < -0.4 is 0 Å². The van der Waals surface area contributed by atoms with Crippen LogP contribution >= 0.6 is 11.8 Å². The first-order chi connectivity index (χ1) is 13.4. The molecule has 142 valence electrons. The summed E-state index contributed by atoms with van der Waals surface area (Å²) in [5, 5.41) is 11.3. The normalized spacial score (nSPS) is 11.8. The molecule has 0 bridgehead atoms. The van der Waals surface area contributed by atoms with Crippen molar-refractivity contribution in [1.82, 2.24) is 3.97 Å². The number of para-hydroxylation sites is 2. The van der Waals surface area contributed by atoms with Crippen molar-refractivity contribution in [3.05, 3.63) is 78.4 Å². The molecule has 3 aromatic carbocycles. The maximum atomic E-state index is 13.7. The Hall–Kier alpha value is -2.70. The van der Waals surface area contributed by atoms with Crippen LogP contribution in [0.5, 0.6) is 5.75 Å². The third kappa shape index (κ3) is 2.89. The lowest BCUT2D eigenvalue weighted by atomic mass is 10.1. The van der Waals surface area contributed by atoms with Crippen molar-refractivity contribution in [2.24, 2.45) is 0 Å². The number of fused-ring (bicyclic) bond motifs is 1. The molecule has 4 aromatic rings. The van der Waals surface area contributed by atoms with E-state index in [-0.39, 0.29) is 10.6 Å². The van der Waals surface area contributed by atoms with Gasteiger partial charge in [0.15, 0.2) is 0 Å². The van der Waals surface area contributed by atoms with Crippen molar-refractivity contribution in [1.29, 1.82) is 0 Å². The molecule has 0 amide bonds. The predicted molar refractivity (Wildman–Crippen MR) is 115 cm³/mol. The molecular weight excluding hydrogens is 390 g/mol. The fraction of sp³-hybridized carbons (Fsp3) is 0.0909. The molecule has 4 rings (SSSR count). The van der Waals surface area contributed by atoms with E-state index in [1.807, 2.05) is 31.4 Å². The largest absolute Gasteiger partial charge is 0.507 e. The lowest BCUT2D eigenvalue weighted by Crippen LogP contribution is -2.14. The summed E-state index contributed by atoms with van der Waals surface area (Å²) in [6.45, 7) is 1.92. The van der Waals surface area contributed by atoms with Crippen LogP contribution in [0.4, 0.5) is 0 Å². The number of rotatable bonds is 4. The monoisotopic (exact) mass is 409 g/mol. The van der Waals surface area contributed by atoms with Crippen molar-refractivity contribution in [2.75, 3.05) is 6.26 Å². The van der Waals surface area contributed by atoms with Gasteiger partial charge >= 0.3 is 0 Å². The van der Waals surface area contributed by atoms with Gasteiger partial charge in [-0.3, -0.25) is 0 Å². The fourth-order valence-corrected chi connectivity index (χ4v) is 5.74. The van der Waals surface area contributed by atoms with Gasteiger partial charge in [0.1, 0.15) is 5.75 Å². The standard InChI is InChI=1S/C22H19NO3S2/c1-15-11-13-16(14-12-15)28(25,26)23-19-9-5-3-7-17(19)22(27-2)21(23)18-8-4-6-10-20(18)24/h3-14,24H,1-2H3. The molecule has 0 saturated carbocycles. The average molecular weight is 410 g/mol. The second-order valence-electron chi connectivity index (χ2n) is 6.50. The van der Waals surface area contributed by atoms with Crippen LogP contribution in [0.15, 0.2) is 82.6 Å². The molecule has 0 saturated heterocycles. The Morgan fingerprint density at radius 2 is 1.54 bits per heavy atom. The van der Waals surface area contributed by atoms with E-state index in [1.165, 1.54) is 15.7 Å². The van der Waals surface area contributed by atoms with Crippen LogP contribution in [0.2, 0.25) is 0 Å². The SMILES string of the molecule is CSc1c(-c2ccccc2O)n(S(=O)(=O)c2ccc(C)cc2)c2ccccc12. The van der Waals surface area contributed by atoms with Crippen molar-refractivity contribution < 1.29 is 13.5 Å². The van der Waals surface area contributed by atoms with E-state index >= 15 is 0 Å². The van der Waals surface area contributed by atoms with Gasteiger partial charge in [-0.25, -0.2) is 12.4 Å². The molecule has 0 aliphatic rings. The van der Waals surface area contributed by atoms with Gasteiger partial charge < -0.3 is 5.11 Å². The molecule has 28 heavy (non-hydrogen) atoms. The van der Waals surface area contributed by atoms with Crippen molar-refractivity contribution >= 4 is 32.7 Å². The molecule has 0 aliphatic carbocycles. The van der Waals surface area contributed by atoms with E-state index in [0.29, 0.717) is 16.8 Å². The molecular formula is C22H19NO3S2. The van der Waals surface area contributed by atoms with Gasteiger partial charge in [0.05, 0.1) is 16.1 Å². The molecule has 6 heteroatoms. The molecule has 0 atom stereocenters. The highest BCUT2D eigenvalue weighted by Gasteiger charge is 2.28. The molecule has 1 aromatic heterocycles. The van der Waals surface area contributed by atoms with Crippen molar-refractivity contribution in [2.45, 2.75) is 16.7 Å². The first kappa shape index (κ1) is 18.7. The molecule has 0 fully saturated rings. The number of phenols is 1. The number of aromatic nitrogens is 1. The predicted octanol–water partition coefficient (Wildman–Crippen LogP) is 5.28. The summed E-state index contributed by atoms with van der Waals surface area (Å²) in [5.74, 6) is 0.0426. The van der Waals surface area contributed by atoms with Gasteiger partial charge in [-0.05, 0) is 43.5 Å². The Morgan fingerprint density at radius 3 is 2.21 bits per heavy atom. The average Bonchev–Trinajstić information content (AvgIpc) is 3.03. The van der Waals surface area contributed by atoms with Crippen LogP contribution in [-0.2, 0) is 10.0 Å². The Morgan fingerprint density at radius 1 is 0.893 bits per heavy atom. The number of hydrogen-bond donors (Lipinski definition) is 1. The zero-order valence-electron chi connectivity index (χ0n) is 15.5. The second-order valence-corrected chi connectivity index (χ2v) is 9.10. The highest BCUT2D eigenvalue weighted by atomic mass is 32.2. The van der Waals surface area contributed by atoms with E-state index in [1.54, 1.807) is 54.6 Å². The van der Waals surface area contributed by atoms with Crippen LogP contribution in [-0.4, -0.2) is 23.8 Å². The highest BCUT2D eigenvalue weighted by molar-refractivity contribution is 7.99. The fourth-order valence-electron chi connectivity index (χ4n) is 3.36. The first-order valence-electron chi connectivity index (χ1n) is 8.73. The van der Waals surface area contributed by atoms with E-state index in [0.717, 1.165) is 15.8 Å². The molecule has 1 heterocycles. The smallest absolute Gasteiger partial charge is 0.268 e. The van der Waals surface area contributed by atoms with Gasteiger partial charge in [-0.15, -0.1) is 11.8 Å². The Balaban J connectivity index is 2.15. The van der Waals surface area contributed by atoms with Crippen LogP contribution in [0, 0.1) is 6.92 Å². The maximum Gasteiger partial charge on any atom is 0.268 e. The summed E-state index contributed by atoms with van der Waals surface area (Å²) in [6.07, 6.45) is 1.91. The number of nitrogens with zero attached hydrogens (tertiary/aromatic N) is 1. The minimum Gasteiger partial charge on any atom is -0.507 e. The van der Waals surface area contributed by atoms with Gasteiger partial charge in [0.2, 0.25) is 0 Å². The zero-order valence-corrected chi connectivity index (χ0v) is 17.1. The summed E-state index contributed by atoms with van der Waals surface area (Å²) >= 11 is 1.47. The van der Waals surface area contributed by atoms with Crippen LogP contribution in [0.25, 0.3) is 22.2 Å². The lowest BCUT2D eigenvalue weighted by molar-refractivity contribution is 0.477. The molecule has 0 unspecified atom stereocenters. The van der Waals surface area contributed by atoms with Crippen LogP contribution in [0.3, 0.4) is 0 Å². The highest BCUT2D eigenvalue weighted by Crippen LogP contribution is 2.43. The van der Waals surface area contributed by atoms with Gasteiger partial charge in [0.25, 0.3) is 10.0 Å². The van der Waals surface area contributed by atoms with Gasteiger partial charge in [0, 0.05) is 15.8 Å². The van der Waals surface area contributed by atoms with Gasteiger partial charge in [-0.2, -0.15) is 0 Å². The summed E-state index contributed by atoms with van der Waals surface area (Å²) in [4.78, 5) is 1.02. The summed E-state index contributed by atoms with van der Waals surface area (Å²) in [7, 11) is -3.87. The first-order valence-corrected chi connectivity index (χ1v) is 11.4. The minimum absolute atomic E-state index is 0.0426. The van der Waals surface area contributed by atoms with E-state index in [9.17, 15) is 13.5 Å². The molecule has 0 radical (unpaired) electrons.